The smallest absolute Gasteiger partial charge is 0.425 e. The van der Waals surface area contributed by atoms with Gasteiger partial charge in [0, 0.05) is 37.2 Å². The van der Waals surface area contributed by atoms with Crippen LogP contribution in [0.3, 0.4) is 0 Å². The molecule has 7 nitrogen and oxygen atoms in total. The highest BCUT2D eigenvalue weighted by molar-refractivity contribution is 7.10. The fraction of sp³-hybridized carbons (Fsp3) is 0.452. The third kappa shape index (κ3) is 6.31. The first-order valence-corrected chi connectivity index (χ1v) is 15.5. The molecule has 15 heteroatoms. The number of halogens is 7. The molecular formula is C31H30F7N3O4S. The Labute approximate surface area is 263 Å². The van der Waals surface area contributed by atoms with Crippen molar-refractivity contribution in [3.63, 3.8) is 0 Å². The first kappa shape index (κ1) is 33.6. The lowest BCUT2D eigenvalue weighted by atomic mass is 9.78. The minimum absolute atomic E-state index is 0.0195. The number of hydrogen-bond acceptors (Lipinski definition) is 6. The van der Waals surface area contributed by atoms with Gasteiger partial charge in [-0.05, 0) is 54.7 Å². The lowest BCUT2D eigenvalue weighted by Gasteiger charge is -2.51. The van der Waals surface area contributed by atoms with Crippen LogP contribution in [-0.4, -0.2) is 63.0 Å². The molecule has 1 fully saturated rings. The number of likely N-dealkylation sites (tertiary alicyclic amines) is 1. The molecular weight excluding hydrogens is 643 g/mol. The van der Waals surface area contributed by atoms with Crippen LogP contribution in [0.5, 0.6) is 5.75 Å². The Balaban J connectivity index is 1.63. The zero-order valence-electron chi connectivity index (χ0n) is 24.5. The molecule has 4 heterocycles. The van der Waals surface area contributed by atoms with E-state index in [1.807, 2.05) is 0 Å². The number of carbonyl (C=O) groups excluding carboxylic acids is 2. The number of ether oxygens (including phenoxy) is 1. The molecule has 3 atom stereocenters. The van der Waals surface area contributed by atoms with Gasteiger partial charge in [-0.3, -0.25) is 14.6 Å². The van der Waals surface area contributed by atoms with E-state index in [2.05, 4.69) is 4.98 Å². The summed E-state index contributed by atoms with van der Waals surface area (Å²) in [7, 11) is 0. The number of aliphatic hydroxyl groups excluding tert-OH is 1. The van der Waals surface area contributed by atoms with E-state index in [4.69, 9.17) is 4.74 Å². The average Bonchev–Trinajstić information content (AvgIpc) is 3.49. The molecule has 0 bridgehead atoms. The quantitative estimate of drug-likeness (QED) is 0.284. The number of pyridine rings is 1. The number of amides is 2. The monoisotopic (exact) mass is 673 g/mol. The van der Waals surface area contributed by atoms with Gasteiger partial charge in [-0.1, -0.05) is 19.4 Å². The van der Waals surface area contributed by atoms with Crippen LogP contribution in [0.1, 0.15) is 70.7 Å². The Morgan fingerprint density at radius 2 is 1.85 bits per heavy atom. The van der Waals surface area contributed by atoms with Gasteiger partial charge in [0.1, 0.15) is 22.1 Å². The van der Waals surface area contributed by atoms with Crippen molar-refractivity contribution in [2.24, 2.45) is 0 Å². The summed E-state index contributed by atoms with van der Waals surface area (Å²) >= 11 is 0.345. The highest BCUT2D eigenvalue weighted by Gasteiger charge is 2.57. The zero-order valence-corrected chi connectivity index (χ0v) is 25.3. The predicted octanol–water partition coefficient (Wildman–Crippen LogP) is 6.66. The maximum Gasteiger partial charge on any atom is 0.425 e. The fourth-order valence-electron chi connectivity index (χ4n) is 6.44. The number of piperidine rings is 1. The van der Waals surface area contributed by atoms with Crippen LogP contribution in [0.4, 0.5) is 30.7 Å². The van der Waals surface area contributed by atoms with E-state index in [9.17, 15) is 45.4 Å². The van der Waals surface area contributed by atoms with Gasteiger partial charge >= 0.3 is 12.4 Å². The SMILES string of the molecule is CCC[C@H]1N(C(=O)c2ncccc2C(F)(F)F)CCC[C@@]1(Oc1csc(C(F)(F)F)c1)C(=O)N1CCc2cc(F)ccc2C1CO. The topological polar surface area (TPSA) is 83.0 Å². The van der Waals surface area contributed by atoms with Crippen LogP contribution in [0.2, 0.25) is 0 Å². The van der Waals surface area contributed by atoms with Crippen LogP contribution >= 0.6 is 11.3 Å². The van der Waals surface area contributed by atoms with Crippen molar-refractivity contribution in [1.29, 1.82) is 0 Å². The van der Waals surface area contributed by atoms with Crippen LogP contribution < -0.4 is 4.74 Å². The third-order valence-electron chi connectivity index (χ3n) is 8.41. The number of hydrogen-bond donors (Lipinski definition) is 1. The van der Waals surface area contributed by atoms with E-state index in [1.54, 1.807) is 6.92 Å². The number of fused-ring (bicyclic) bond motifs is 1. The number of benzene rings is 1. The molecule has 1 unspecified atom stereocenters. The Kier molecular flexibility index (Phi) is 9.37. The van der Waals surface area contributed by atoms with Crippen molar-refractivity contribution >= 4 is 23.2 Å². The summed E-state index contributed by atoms with van der Waals surface area (Å²) in [5.74, 6) is -2.67. The average molecular weight is 674 g/mol. The number of aliphatic hydroxyl groups is 1. The second-order valence-corrected chi connectivity index (χ2v) is 12.1. The number of aromatic nitrogens is 1. The van der Waals surface area contributed by atoms with Gasteiger partial charge in [-0.2, -0.15) is 26.3 Å². The van der Waals surface area contributed by atoms with Gasteiger partial charge in [0.2, 0.25) is 5.60 Å². The molecule has 2 amide bonds. The number of nitrogens with zero attached hydrogens (tertiary/aromatic N) is 3. The molecule has 1 aromatic carbocycles. The van der Waals surface area contributed by atoms with Gasteiger partial charge < -0.3 is 19.6 Å². The Hall–Kier alpha value is -3.72. The summed E-state index contributed by atoms with van der Waals surface area (Å²) in [6, 6.07) is 4.20. The Morgan fingerprint density at radius 1 is 1.09 bits per heavy atom. The Bertz CT molecular complexity index is 1590. The van der Waals surface area contributed by atoms with E-state index >= 15 is 0 Å². The largest absolute Gasteiger partial charge is 0.474 e. The van der Waals surface area contributed by atoms with Crippen LogP contribution in [0.15, 0.2) is 48.0 Å². The molecule has 0 saturated carbocycles. The molecule has 1 saturated heterocycles. The number of carbonyl (C=O) groups is 2. The molecule has 5 rings (SSSR count). The first-order valence-electron chi connectivity index (χ1n) is 14.6. The first-order chi connectivity index (χ1) is 21.7. The number of thiophene rings is 1. The molecule has 2 aromatic heterocycles. The summed E-state index contributed by atoms with van der Waals surface area (Å²) in [5.41, 5.74) is -3.17. The second-order valence-electron chi connectivity index (χ2n) is 11.2. The molecule has 0 radical (unpaired) electrons. The summed E-state index contributed by atoms with van der Waals surface area (Å²) in [4.78, 5) is 33.9. The highest BCUT2D eigenvalue weighted by atomic mass is 32.1. The molecule has 3 aromatic rings. The van der Waals surface area contributed by atoms with Crippen molar-refractivity contribution in [2.75, 3.05) is 19.7 Å². The molecule has 1 N–H and O–H groups in total. The minimum atomic E-state index is -4.92. The number of alkyl halides is 6. The number of rotatable bonds is 7. The summed E-state index contributed by atoms with van der Waals surface area (Å²) in [5, 5.41) is 11.5. The van der Waals surface area contributed by atoms with E-state index < -0.39 is 70.4 Å². The molecule has 2 aliphatic heterocycles. The normalized spacial score (nSPS) is 22.0. The summed E-state index contributed by atoms with van der Waals surface area (Å²) < 4.78 is 103. The Morgan fingerprint density at radius 3 is 2.50 bits per heavy atom. The van der Waals surface area contributed by atoms with Gasteiger partial charge in [0.15, 0.2) is 0 Å². The highest BCUT2D eigenvalue weighted by Crippen LogP contribution is 2.44. The van der Waals surface area contributed by atoms with Crippen LogP contribution in [-0.2, 0) is 23.6 Å². The molecule has 2 aliphatic rings. The van der Waals surface area contributed by atoms with Gasteiger partial charge in [-0.15, -0.1) is 11.3 Å². The van der Waals surface area contributed by atoms with Gasteiger partial charge in [0.25, 0.3) is 11.8 Å². The predicted molar refractivity (Wildman–Crippen MR) is 153 cm³/mol. The second kappa shape index (κ2) is 12.8. The standard InChI is InChI=1S/C31H30F7N3O4S/c1-2-5-24-29(45-20-15-25(46-17-20)31(36,37)38,28(44)40-13-9-18-14-19(32)7-8-21(18)23(40)16-42)10-4-12-41(24)27(43)26-22(30(33,34)35)6-3-11-39-26/h3,6-8,11,14-15,17,23-24,42H,2,4-5,9-10,12-13,16H2,1H3/t23?,24-,29+/m1/s1. The maximum absolute atomic E-state index is 14.8. The van der Waals surface area contributed by atoms with E-state index in [0.717, 1.165) is 34.7 Å². The lowest BCUT2D eigenvalue weighted by molar-refractivity contribution is -0.163. The maximum atomic E-state index is 14.8. The zero-order chi connectivity index (χ0) is 33.4. The summed E-state index contributed by atoms with van der Waals surface area (Å²) in [6.45, 7) is 1.05. The summed E-state index contributed by atoms with van der Waals surface area (Å²) in [6.07, 6.45) is -8.06. The van der Waals surface area contributed by atoms with E-state index in [-0.39, 0.29) is 44.5 Å². The van der Waals surface area contributed by atoms with Crippen molar-refractivity contribution in [3.8, 4) is 5.75 Å². The van der Waals surface area contributed by atoms with Crippen molar-refractivity contribution in [2.45, 2.75) is 69.1 Å². The molecule has 248 valence electrons. The van der Waals surface area contributed by atoms with Crippen LogP contribution in [0, 0.1) is 5.82 Å². The van der Waals surface area contributed by atoms with Crippen molar-refractivity contribution in [3.05, 3.63) is 81.1 Å². The molecule has 46 heavy (non-hydrogen) atoms. The lowest BCUT2D eigenvalue weighted by Crippen LogP contribution is -2.68. The van der Waals surface area contributed by atoms with Crippen LogP contribution in [0.25, 0.3) is 0 Å². The van der Waals surface area contributed by atoms with E-state index in [0.29, 0.717) is 28.9 Å². The van der Waals surface area contributed by atoms with E-state index in [1.165, 1.54) is 23.1 Å². The minimum Gasteiger partial charge on any atom is -0.474 e. The molecule has 0 aliphatic carbocycles. The van der Waals surface area contributed by atoms with Gasteiger partial charge in [-0.25, -0.2) is 4.39 Å². The third-order valence-corrected chi connectivity index (χ3v) is 9.37. The fourth-order valence-corrected chi connectivity index (χ4v) is 7.12. The van der Waals surface area contributed by atoms with Crippen molar-refractivity contribution < 1.29 is 50.2 Å². The van der Waals surface area contributed by atoms with Crippen molar-refractivity contribution in [1.82, 2.24) is 14.8 Å². The van der Waals surface area contributed by atoms with Gasteiger partial charge in [0.05, 0.1) is 24.3 Å². The molecule has 0 spiro atoms.